The number of carboxylic acid groups (broad SMARTS) is 1. The molecule has 0 fully saturated rings. The number of nitrogens with zero attached hydrogens (tertiary/aromatic N) is 2. The molecule has 1 aromatic heterocycles. The van der Waals surface area contributed by atoms with Crippen LogP contribution in [0.3, 0.4) is 0 Å². The van der Waals surface area contributed by atoms with E-state index in [2.05, 4.69) is 4.98 Å². The van der Waals surface area contributed by atoms with Crippen molar-refractivity contribution in [1.82, 2.24) is 9.88 Å². The summed E-state index contributed by atoms with van der Waals surface area (Å²) in [5, 5.41) is 9.29. The number of likely N-dealkylation sites (N-methyl/N-ethyl adjacent to an activating group) is 1. The zero-order valence-electron chi connectivity index (χ0n) is 9.67. The number of hydrogen-bond acceptors (Lipinski definition) is 5. The highest BCUT2D eigenvalue weighted by Gasteiger charge is 2.11. The lowest BCUT2D eigenvalue weighted by Crippen LogP contribution is -2.30. The van der Waals surface area contributed by atoms with Crippen LogP contribution in [0.1, 0.15) is 9.88 Å². The standard InChI is InChI=1S/C10H14N2O4S/c1-7-11-3-8(17-7)4-12(2)9(13)5-16-6-10(14)15/h3H,4-6H2,1-2H3,(H,14,15). The first-order valence-electron chi connectivity index (χ1n) is 4.94. The van der Waals surface area contributed by atoms with E-state index in [1.807, 2.05) is 6.92 Å². The summed E-state index contributed by atoms with van der Waals surface area (Å²) in [4.78, 5) is 28.3. The van der Waals surface area contributed by atoms with Gasteiger partial charge in [-0.15, -0.1) is 11.3 Å². The Balaban J connectivity index is 2.34. The van der Waals surface area contributed by atoms with Crippen molar-refractivity contribution in [2.75, 3.05) is 20.3 Å². The molecule has 1 N–H and O–H groups in total. The SMILES string of the molecule is Cc1ncc(CN(C)C(=O)COCC(=O)O)s1. The minimum absolute atomic E-state index is 0.222. The molecule has 0 aromatic carbocycles. The Morgan fingerprint density at radius 3 is 2.76 bits per heavy atom. The van der Waals surface area contributed by atoms with Crippen LogP contribution in [0.2, 0.25) is 0 Å². The summed E-state index contributed by atoms with van der Waals surface area (Å²) >= 11 is 1.52. The molecule has 1 rings (SSSR count). The molecule has 0 spiro atoms. The van der Waals surface area contributed by atoms with Gasteiger partial charge >= 0.3 is 5.97 Å². The quantitative estimate of drug-likeness (QED) is 0.804. The van der Waals surface area contributed by atoms with Gasteiger partial charge in [-0.1, -0.05) is 0 Å². The van der Waals surface area contributed by atoms with E-state index in [4.69, 9.17) is 9.84 Å². The summed E-state index contributed by atoms with van der Waals surface area (Å²) in [7, 11) is 1.64. The molecule has 94 valence electrons. The molecule has 0 atom stereocenters. The van der Waals surface area contributed by atoms with Gasteiger partial charge in [0.15, 0.2) is 0 Å². The Labute approximate surface area is 103 Å². The molecule has 0 aliphatic carbocycles. The molecular weight excluding hydrogens is 244 g/mol. The van der Waals surface area contributed by atoms with Crippen molar-refractivity contribution in [3.8, 4) is 0 Å². The number of rotatable bonds is 6. The predicted octanol–water partition coefficient (Wildman–Crippen LogP) is 0.511. The first kappa shape index (κ1) is 13.6. The molecule has 0 aliphatic heterocycles. The Morgan fingerprint density at radius 1 is 1.53 bits per heavy atom. The first-order valence-corrected chi connectivity index (χ1v) is 5.75. The molecule has 0 saturated heterocycles. The number of ether oxygens (including phenoxy) is 1. The maximum absolute atomic E-state index is 11.5. The second kappa shape index (κ2) is 6.31. The lowest BCUT2D eigenvalue weighted by atomic mass is 10.4. The van der Waals surface area contributed by atoms with E-state index in [0.717, 1.165) is 9.88 Å². The number of amides is 1. The zero-order valence-corrected chi connectivity index (χ0v) is 10.5. The molecule has 0 bridgehead atoms. The van der Waals surface area contributed by atoms with Crippen molar-refractivity contribution in [2.45, 2.75) is 13.5 Å². The fourth-order valence-electron chi connectivity index (χ4n) is 1.14. The van der Waals surface area contributed by atoms with Gasteiger partial charge in [-0.3, -0.25) is 4.79 Å². The number of carbonyl (C=O) groups excluding carboxylic acids is 1. The Morgan fingerprint density at radius 2 is 2.24 bits per heavy atom. The van der Waals surface area contributed by atoms with Gasteiger partial charge in [-0.25, -0.2) is 9.78 Å². The van der Waals surface area contributed by atoms with E-state index < -0.39 is 12.6 Å². The zero-order chi connectivity index (χ0) is 12.8. The van der Waals surface area contributed by atoms with Crippen LogP contribution in [-0.2, 0) is 20.9 Å². The number of carbonyl (C=O) groups is 2. The van der Waals surface area contributed by atoms with Crippen molar-refractivity contribution in [3.63, 3.8) is 0 Å². The molecule has 7 heteroatoms. The van der Waals surface area contributed by atoms with Gasteiger partial charge in [0.2, 0.25) is 5.91 Å². The minimum atomic E-state index is -1.08. The van der Waals surface area contributed by atoms with E-state index >= 15 is 0 Å². The Bertz CT molecular complexity index is 405. The maximum Gasteiger partial charge on any atom is 0.329 e. The van der Waals surface area contributed by atoms with Crippen LogP contribution >= 0.6 is 11.3 Å². The number of aliphatic carboxylic acids is 1. The second-order valence-electron chi connectivity index (χ2n) is 3.48. The van der Waals surface area contributed by atoms with Crippen molar-refractivity contribution in [1.29, 1.82) is 0 Å². The molecule has 17 heavy (non-hydrogen) atoms. The van der Waals surface area contributed by atoms with E-state index in [1.54, 1.807) is 13.2 Å². The number of aromatic nitrogens is 1. The third kappa shape index (κ3) is 4.92. The van der Waals surface area contributed by atoms with Gasteiger partial charge in [-0.05, 0) is 6.92 Å². The van der Waals surface area contributed by atoms with Gasteiger partial charge in [0.1, 0.15) is 13.2 Å². The molecule has 1 amide bonds. The summed E-state index contributed by atoms with van der Waals surface area (Å²) < 4.78 is 4.72. The second-order valence-corrected chi connectivity index (χ2v) is 4.80. The summed E-state index contributed by atoms with van der Waals surface area (Å²) in [6.45, 7) is 1.67. The normalized spacial score (nSPS) is 10.2. The third-order valence-electron chi connectivity index (χ3n) is 1.94. The van der Waals surface area contributed by atoms with E-state index in [0.29, 0.717) is 6.54 Å². The summed E-state index contributed by atoms with van der Waals surface area (Å²) in [6.07, 6.45) is 1.72. The molecule has 0 saturated carbocycles. The number of carboxylic acids is 1. The van der Waals surface area contributed by atoms with Crippen molar-refractivity contribution in [2.24, 2.45) is 0 Å². The molecule has 0 unspecified atom stereocenters. The first-order chi connectivity index (χ1) is 7.99. The number of hydrogen-bond donors (Lipinski definition) is 1. The van der Waals surface area contributed by atoms with E-state index in [9.17, 15) is 9.59 Å². The number of aryl methyl sites for hydroxylation is 1. The fourth-order valence-corrected chi connectivity index (χ4v) is 1.98. The van der Waals surface area contributed by atoms with E-state index in [-0.39, 0.29) is 12.5 Å². The average molecular weight is 258 g/mol. The molecule has 1 aromatic rings. The molecule has 0 radical (unpaired) electrons. The van der Waals surface area contributed by atoms with Crippen LogP contribution in [0.15, 0.2) is 6.20 Å². The number of thiazole rings is 1. The van der Waals surface area contributed by atoms with Gasteiger partial charge in [0, 0.05) is 18.1 Å². The highest BCUT2D eigenvalue weighted by Crippen LogP contribution is 2.13. The van der Waals surface area contributed by atoms with Gasteiger partial charge in [0.05, 0.1) is 11.6 Å². The summed E-state index contributed by atoms with van der Waals surface area (Å²) in [5.41, 5.74) is 0. The van der Waals surface area contributed by atoms with Crippen LogP contribution < -0.4 is 0 Å². The largest absolute Gasteiger partial charge is 0.480 e. The van der Waals surface area contributed by atoms with Crippen LogP contribution in [0.4, 0.5) is 0 Å². The topological polar surface area (TPSA) is 79.7 Å². The van der Waals surface area contributed by atoms with Gasteiger partial charge < -0.3 is 14.7 Å². The Kier molecular flexibility index (Phi) is 5.05. The van der Waals surface area contributed by atoms with Crippen LogP contribution in [0, 0.1) is 6.92 Å². The van der Waals surface area contributed by atoms with Crippen LogP contribution in [-0.4, -0.2) is 47.1 Å². The van der Waals surface area contributed by atoms with Gasteiger partial charge in [0.25, 0.3) is 0 Å². The molecular formula is C10H14N2O4S. The third-order valence-corrected chi connectivity index (χ3v) is 2.84. The molecule has 0 aliphatic rings. The minimum Gasteiger partial charge on any atom is -0.480 e. The smallest absolute Gasteiger partial charge is 0.329 e. The lowest BCUT2D eigenvalue weighted by Gasteiger charge is -2.15. The van der Waals surface area contributed by atoms with Gasteiger partial charge in [-0.2, -0.15) is 0 Å². The highest BCUT2D eigenvalue weighted by atomic mass is 32.1. The van der Waals surface area contributed by atoms with Crippen molar-refractivity contribution in [3.05, 3.63) is 16.1 Å². The van der Waals surface area contributed by atoms with E-state index in [1.165, 1.54) is 16.2 Å². The highest BCUT2D eigenvalue weighted by molar-refractivity contribution is 7.11. The van der Waals surface area contributed by atoms with Crippen molar-refractivity contribution < 1.29 is 19.4 Å². The summed E-state index contributed by atoms with van der Waals surface area (Å²) in [6, 6.07) is 0. The molecule has 1 heterocycles. The fraction of sp³-hybridized carbons (Fsp3) is 0.500. The average Bonchev–Trinajstić information content (AvgIpc) is 2.63. The molecule has 6 nitrogen and oxygen atoms in total. The maximum atomic E-state index is 11.5. The van der Waals surface area contributed by atoms with Crippen molar-refractivity contribution >= 4 is 23.2 Å². The lowest BCUT2D eigenvalue weighted by molar-refractivity contribution is -0.145. The summed E-state index contributed by atoms with van der Waals surface area (Å²) in [5.74, 6) is -1.34. The van der Waals surface area contributed by atoms with Crippen LogP contribution in [0.5, 0.6) is 0 Å². The monoisotopic (exact) mass is 258 g/mol. The predicted molar refractivity (Wildman–Crippen MR) is 61.8 cm³/mol. The Hall–Kier alpha value is -1.47. The van der Waals surface area contributed by atoms with Crippen LogP contribution in [0.25, 0.3) is 0 Å².